The maximum absolute atomic E-state index is 13.9. The van der Waals surface area contributed by atoms with Crippen LogP contribution in [0.25, 0.3) is 11.3 Å². The van der Waals surface area contributed by atoms with Crippen LogP contribution in [0.3, 0.4) is 0 Å². The molecule has 0 spiro atoms. The summed E-state index contributed by atoms with van der Waals surface area (Å²) in [5.74, 6) is -2.52. The molecule has 2 unspecified atom stereocenters. The van der Waals surface area contributed by atoms with E-state index in [-0.39, 0.29) is 30.5 Å². The van der Waals surface area contributed by atoms with Crippen molar-refractivity contribution in [1.29, 1.82) is 0 Å². The number of pyridine rings is 1. The molecule has 2 aromatic rings. The number of rotatable bonds is 6. The lowest BCUT2D eigenvalue weighted by atomic mass is 10.1. The van der Waals surface area contributed by atoms with Crippen LogP contribution >= 0.6 is 0 Å². The monoisotopic (exact) mass is 495 g/mol. The van der Waals surface area contributed by atoms with E-state index >= 15 is 0 Å². The lowest BCUT2D eigenvalue weighted by molar-refractivity contribution is -0.0494. The first-order valence-electron chi connectivity index (χ1n) is 11.6. The SMILES string of the molecule is Nc1ncc(-c2cc(N3CC(N4CC5CC4CO5)C3)nc(N3CCC(F)(F)C3)n2)cc1OC(F)F. The molecule has 35 heavy (non-hydrogen) atoms. The number of ether oxygens (including phenoxy) is 2. The molecule has 4 aliphatic rings. The van der Waals surface area contributed by atoms with Crippen molar-refractivity contribution >= 4 is 17.6 Å². The van der Waals surface area contributed by atoms with E-state index in [1.165, 1.54) is 17.2 Å². The number of hydrogen-bond acceptors (Lipinski definition) is 9. The van der Waals surface area contributed by atoms with Gasteiger partial charge in [-0.25, -0.2) is 18.7 Å². The number of aromatic nitrogens is 3. The Balaban J connectivity index is 1.29. The molecule has 6 rings (SSSR count). The third kappa shape index (κ3) is 4.31. The van der Waals surface area contributed by atoms with Crippen LogP contribution in [0.15, 0.2) is 18.3 Å². The van der Waals surface area contributed by atoms with Gasteiger partial charge in [0.2, 0.25) is 5.95 Å². The Hall–Kier alpha value is -2.93. The highest BCUT2D eigenvalue weighted by molar-refractivity contribution is 5.68. The van der Waals surface area contributed by atoms with Gasteiger partial charge < -0.3 is 25.0 Å². The van der Waals surface area contributed by atoms with Crippen molar-refractivity contribution in [3.63, 3.8) is 0 Å². The fourth-order valence-electron chi connectivity index (χ4n) is 5.29. The van der Waals surface area contributed by atoms with E-state index in [2.05, 4.69) is 29.5 Å². The molecule has 13 heteroatoms. The maximum atomic E-state index is 13.9. The molecule has 0 saturated carbocycles. The second-order valence-corrected chi connectivity index (χ2v) is 9.53. The highest BCUT2D eigenvalue weighted by atomic mass is 19.3. The first-order chi connectivity index (χ1) is 16.7. The second kappa shape index (κ2) is 8.33. The van der Waals surface area contributed by atoms with Crippen LogP contribution in [-0.2, 0) is 4.74 Å². The van der Waals surface area contributed by atoms with Crippen molar-refractivity contribution in [2.24, 2.45) is 0 Å². The van der Waals surface area contributed by atoms with Gasteiger partial charge in [-0.15, -0.1) is 0 Å². The minimum absolute atomic E-state index is 0.120. The predicted molar refractivity (Wildman–Crippen MR) is 119 cm³/mol. The van der Waals surface area contributed by atoms with Crippen molar-refractivity contribution < 1.29 is 27.0 Å². The van der Waals surface area contributed by atoms with Crippen LogP contribution in [0.5, 0.6) is 5.75 Å². The predicted octanol–water partition coefficient (Wildman–Crippen LogP) is 2.23. The first kappa shape index (κ1) is 22.5. The summed E-state index contributed by atoms with van der Waals surface area (Å²) in [6, 6.07) is 3.86. The number of halogens is 4. The Morgan fingerprint density at radius 1 is 1.11 bits per heavy atom. The number of morpholine rings is 1. The van der Waals surface area contributed by atoms with Crippen molar-refractivity contribution in [3.05, 3.63) is 18.3 Å². The van der Waals surface area contributed by atoms with E-state index < -0.39 is 19.1 Å². The molecule has 2 aromatic heterocycles. The Morgan fingerprint density at radius 3 is 2.60 bits per heavy atom. The largest absolute Gasteiger partial charge is 0.431 e. The molecule has 0 aliphatic carbocycles. The van der Waals surface area contributed by atoms with Gasteiger partial charge in [-0.3, -0.25) is 4.90 Å². The van der Waals surface area contributed by atoms with Crippen molar-refractivity contribution in [1.82, 2.24) is 19.9 Å². The molecule has 188 valence electrons. The van der Waals surface area contributed by atoms with Crippen LogP contribution in [0, 0.1) is 0 Å². The number of fused-ring (bicyclic) bond motifs is 2. The Bertz CT molecular complexity index is 1120. The first-order valence-corrected chi connectivity index (χ1v) is 11.6. The van der Waals surface area contributed by atoms with Crippen LogP contribution in [-0.4, -0.2) is 89.9 Å². The number of likely N-dealkylation sites (tertiary alicyclic amines) is 1. The van der Waals surface area contributed by atoms with E-state index in [9.17, 15) is 17.6 Å². The Labute approximate surface area is 198 Å². The van der Waals surface area contributed by atoms with E-state index in [4.69, 9.17) is 10.5 Å². The zero-order valence-electron chi connectivity index (χ0n) is 18.8. The number of nitrogens with two attached hydrogens (primary N) is 1. The summed E-state index contributed by atoms with van der Waals surface area (Å²) >= 11 is 0. The van der Waals surface area contributed by atoms with E-state index in [1.54, 1.807) is 6.07 Å². The molecule has 2 atom stereocenters. The van der Waals surface area contributed by atoms with Gasteiger partial charge in [-0.2, -0.15) is 13.8 Å². The van der Waals surface area contributed by atoms with Crippen LogP contribution in [0.4, 0.5) is 35.1 Å². The summed E-state index contributed by atoms with van der Waals surface area (Å²) in [5.41, 5.74) is 6.41. The fraction of sp³-hybridized carbons (Fsp3) is 0.591. The summed E-state index contributed by atoms with van der Waals surface area (Å²) < 4.78 is 63.6. The number of hydrogen-bond donors (Lipinski definition) is 1. The summed E-state index contributed by atoms with van der Waals surface area (Å²) in [6.45, 7) is -0.244. The summed E-state index contributed by atoms with van der Waals surface area (Å²) in [7, 11) is 0. The van der Waals surface area contributed by atoms with Gasteiger partial charge in [-0.05, 0) is 12.5 Å². The summed E-state index contributed by atoms with van der Waals surface area (Å²) in [4.78, 5) is 19.0. The fourth-order valence-corrected chi connectivity index (χ4v) is 5.29. The molecular weight excluding hydrogens is 470 g/mol. The van der Waals surface area contributed by atoms with Crippen molar-refractivity contribution in [3.8, 4) is 17.0 Å². The molecule has 0 amide bonds. The normalized spacial score (nSPS) is 26.1. The summed E-state index contributed by atoms with van der Waals surface area (Å²) in [6.07, 6.45) is 2.49. The van der Waals surface area contributed by atoms with Crippen LogP contribution < -0.4 is 20.3 Å². The smallest absolute Gasteiger partial charge is 0.387 e. The lowest BCUT2D eigenvalue weighted by Crippen LogP contribution is -2.62. The zero-order chi connectivity index (χ0) is 24.3. The molecule has 2 bridgehead atoms. The van der Waals surface area contributed by atoms with Gasteiger partial charge in [-0.1, -0.05) is 0 Å². The maximum Gasteiger partial charge on any atom is 0.387 e. The van der Waals surface area contributed by atoms with Crippen molar-refractivity contribution in [2.75, 3.05) is 54.9 Å². The van der Waals surface area contributed by atoms with Crippen LogP contribution in [0.1, 0.15) is 12.8 Å². The number of alkyl halides is 4. The van der Waals surface area contributed by atoms with Crippen molar-refractivity contribution in [2.45, 2.75) is 43.6 Å². The van der Waals surface area contributed by atoms with Gasteiger partial charge in [0.25, 0.3) is 5.92 Å². The third-order valence-electron chi connectivity index (χ3n) is 7.14. The lowest BCUT2D eigenvalue weighted by Gasteiger charge is -2.47. The van der Waals surface area contributed by atoms with Gasteiger partial charge in [0, 0.05) is 62.5 Å². The minimum atomic E-state index is -3.07. The molecule has 0 aromatic carbocycles. The van der Waals surface area contributed by atoms with E-state index in [0.29, 0.717) is 35.3 Å². The highest BCUT2D eigenvalue weighted by Crippen LogP contribution is 2.37. The molecule has 4 saturated heterocycles. The van der Waals surface area contributed by atoms with E-state index in [1.807, 2.05) is 0 Å². The molecule has 9 nitrogen and oxygen atoms in total. The average Bonchev–Trinajstić information content (AvgIpc) is 3.49. The van der Waals surface area contributed by atoms with E-state index in [0.717, 1.165) is 32.7 Å². The van der Waals surface area contributed by atoms with Gasteiger partial charge >= 0.3 is 6.61 Å². The van der Waals surface area contributed by atoms with Gasteiger partial charge in [0.1, 0.15) is 5.82 Å². The molecule has 4 aliphatic heterocycles. The molecule has 2 N–H and O–H groups in total. The molecular formula is C22H25F4N7O2. The standard InChI is InChI=1S/C22H25F4N7O2/c23-20(24)35-17-3-12(6-28-19(17)27)16-5-18(30-21(29-16)31-2-1-22(25,26)11-31)32-7-14(8-32)33-9-15-4-13(33)10-34-15/h3,5-6,13-15,20H,1-2,4,7-11H2,(H2,27,28). The zero-order valence-corrected chi connectivity index (χ0v) is 18.8. The van der Waals surface area contributed by atoms with Gasteiger partial charge in [0.15, 0.2) is 11.6 Å². The Kier molecular flexibility index (Phi) is 5.36. The molecule has 0 radical (unpaired) electrons. The number of anilines is 3. The molecule has 4 fully saturated rings. The Morgan fingerprint density at radius 2 is 1.94 bits per heavy atom. The summed E-state index contributed by atoms with van der Waals surface area (Å²) in [5, 5.41) is 0. The topological polar surface area (TPSA) is 92.9 Å². The highest BCUT2D eigenvalue weighted by Gasteiger charge is 2.46. The average molecular weight is 495 g/mol. The number of nitrogen functional groups attached to an aromatic ring is 1. The van der Waals surface area contributed by atoms with Gasteiger partial charge in [0.05, 0.1) is 24.9 Å². The van der Waals surface area contributed by atoms with Crippen LogP contribution in [0.2, 0.25) is 0 Å². The molecule has 6 heterocycles. The quantitative estimate of drug-likeness (QED) is 0.606. The third-order valence-corrected chi connectivity index (χ3v) is 7.14. The minimum Gasteiger partial charge on any atom is -0.431 e. The second-order valence-electron chi connectivity index (χ2n) is 9.53. The number of nitrogens with zero attached hydrogens (tertiary/aromatic N) is 6.